The molecule has 0 bridgehead atoms. The number of nitrogens with one attached hydrogen (secondary N) is 1. The van der Waals surface area contributed by atoms with Crippen LogP contribution in [0.2, 0.25) is 0 Å². The van der Waals surface area contributed by atoms with Gasteiger partial charge in [-0.1, -0.05) is 0 Å². The Kier molecular flexibility index (Phi) is 3.29. The molecule has 0 spiro atoms. The zero-order valence-corrected chi connectivity index (χ0v) is 12.4. The van der Waals surface area contributed by atoms with E-state index >= 15 is 0 Å². The second kappa shape index (κ2) is 4.82. The first-order valence-corrected chi connectivity index (χ1v) is 7.44. The first-order chi connectivity index (χ1) is 9.15. The number of methoxy groups -OCH3 is 1. The van der Waals surface area contributed by atoms with Crippen LogP contribution in [0.5, 0.6) is 5.75 Å². The van der Waals surface area contributed by atoms with Gasteiger partial charge in [-0.3, -0.25) is 4.68 Å². The Bertz CT molecular complexity index is 444. The third-order valence-electron chi connectivity index (χ3n) is 4.86. The molecular weight excluding hydrogens is 238 g/mol. The van der Waals surface area contributed by atoms with Gasteiger partial charge < -0.3 is 10.1 Å². The van der Waals surface area contributed by atoms with E-state index in [1.807, 2.05) is 6.20 Å². The van der Waals surface area contributed by atoms with E-state index in [1.165, 1.54) is 25.0 Å². The summed E-state index contributed by atoms with van der Waals surface area (Å²) in [5, 5.41) is 8.03. The van der Waals surface area contributed by atoms with E-state index in [1.54, 1.807) is 7.11 Å². The summed E-state index contributed by atoms with van der Waals surface area (Å²) in [7, 11) is 3.80. The second-order valence-electron chi connectivity index (χ2n) is 6.39. The van der Waals surface area contributed by atoms with Crippen molar-refractivity contribution in [2.45, 2.75) is 45.2 Å². The summed E-state index contributed by atoms with van der Waals surface area (Å²) in [6.07, 6.45) is 6.05. The third-order valence-corrected chi connectivity index (χ3v) is 4.86. The Hall–Kier alpha value is -1.03. The minimum atomic E-state index is 0.366. The summed E-state index contributed by atoms with van der Waals surface area (Å²) in [5.41, 5.74) is 1.23. The van der Waals surface area contributed by atoms with Crippen molar-refractivity contribution < 1.29 is 4.74 Å². The summed E-state index contributed by atoms with van der Waals surface area (Å²) < 4.78 is 7.65. The summed E-state index contributed by atoms with van der Waals surface area (Å²) in [5.74, 6) is 3.66. The van der Waals surface area contributed by atoms with Crippen molar-refractivity contribution in [2.75, 3.05) is 14.2 Å². The first-order valence-electron chi connectivity index (χ1n) is 7.44. The van der Waals surface area contributed by atoms with Crippen LogP contribution in [0.15, 0.2) is 6.20 Å². The molecule has 1 aromatic heterocycles. The predicted molar refractivity (Wildman–Crippen MR) is 75.3 cm³/mol. The van der Waals surface area contributed by atoms with Gasteiger partial charge >= 0.3 is 0 Å². The van der Waals surface area contributed by atoms with Crippen molar-refractivity contribution in [1.29, 1.82) is 0 Å². The van der Waals surface area contributed by atoms with Crippen molar-refractivity contribution in [3.8, 4) is 5.75 Å². The smallest absolute Gasteiger partial charge is 0.161 e. The molecule has 2 aliphatic rings. The summed E-state index contributed by atoms with van der Waals surface area (Å²) >= 11 is 0. The van der Waals surface area contributed by atoms with E-state index in [0.717, 1.165) is 23.5 Å². The quantitative estimate of drug-likeness (QED) is 0.888. The molecule has 2 saturated carbocycles. The van der Waals surface area contributed by atoms with E-state index in [4.69, 9.17) is 4.74 Å². The molecule has 1 aromatic rings. The molecule has 3 atom stereocenters. The number of hydrogen-bond donors (Lipinski definition) is 1. The number of hydrogen-bond acceptors (Lipinski definition) is 3. The van der Waals surface area contributed by atoms with Gasteiger partial charge in [0.05, 0.1) is 25.0 Å². The maximum atomic E-state index is 5.53. The Morgan fingerprint density at radius 1 is 1.32 bits per heavy atom. The lowest BCUT2D eigenvalue weighted by atomic mass is 9.91. The third kappa shape index (κ3) is 2.16. The largest absolute Gasteiger partial charge is 0.493 e. The number of nitrogens with zero attached hydrogens (tertiary/aromatic N) is 2. The Balaban J connectivity index is 1.90. The van der Waals surface area contributed by atoms with E-state index in [0.29, 0.717) is 12.1 Å². The van der Waals surface area contributed by atoms with Gasteiger partial charge in [0.25, 0.3) is 0 Å². The number of aromatic nitrogens is 2. The van der Waals surface area contributed by atoms with Crippen LogP contribution in [0, 0.1) is 17.8 Å². The molecule has 1 N–H and O–H groups in total. The Morgan fingerprint density at radius 3 is 2.53 bits per heavy atom. The highest BCUT2D eigenvalue weighted by Crippen LogP contribution is 2.57. The molecule has 0 aliphatic heterocycles. The molecule has 19 heavy (non-hydrogen) atoms. The first kappa shape index (κ1) is 13.0. The van der Waals surface area contributed by atoms with Crippen LogP contribution in [-0.2, 0) is 0 Å². The zero-order chi connectivity index (χ0) is 13.6. The van der Waals surface area contributed by atoms with Crippen LogP contribution in [0.1, 0.15) is 50.9 Å². The van der Waals surface area contributed by atoms with E-state index < -0.39 is 0 Å². The van der Waals surface area contributed by atoms with Gasteiger partial charge in [0.2, 0.25) is 0 Å². The fraction of sp³-hybridized carbons (Fsp3) is 0.800. The van der Waals surface area contributed by atoms with E-state index in [2.05, 4.69) is 36.0 Å². The summed E-state index contributed by atoms with van der Waals surface area (Å²) in [6, 6.07) is 0.735. The molecule has 0 radical (unpaired) electrons. The normalized spacial score (nSPS) is 30.5. The van der Waals surface area contributed by atoms with Crippen molar-refractivity contribution in [3.05, 3.63) is 11.9 Å². The van der Waals surface area contributed by atoms with Gasteiger partial charge in [-0.15, -0.1) is 0 Å². The van der Waals surface area contributed by atoms with Crippen molar-refractivity contribution in [3.63, 3.8) is 0 Å². The molecule has 3 unspecified atom stereocenters. The molecule has 0 aromatic carbocycles. The molecule has 106 valence electrons. The van der Waals surface area contributed by atoms with Crippen LogP contribution < -0.4 is 10.1 Å². The highest BCUT2D eigenvalue weighted by Gasteiger charge is 2.48. The number of ether oxygens (including phenoxy) is 1. The van der Waals surface area contributed by atoms with Crippen LogP contribution in [0.4, 0.5) is 0 Å². The topological polar surface area (TPSA) is 39.1 Å². The lowest BCUT2D eigenvalue weighted by Gasteiger charge is -2.27. The van der Waals surface area contributed by atoms with Crippen LogP contribution in [0.25, 0.3) is 0 Å². The Labute approximate surface area is 115 Å². The molecule has 2 fully saturated rings. The van der Waals surface area contributed by atoms with Crippen molar-refractivity contribution >= 4 is 0 Å². The number of rotatable bonds is 5. The Morgan fingerprint density at radius 2 is 2.00 bits per heavy atom. The molecule has 0 amide bonds. The summed E-state index contributed by atoms with van der Waals surface area (Å²) in [6.45, 7) is 4.35. The van der Waals surface area contributed by atoms with Crippen LogP contribution in [0.3, 0.4) is 0 Å². The van der Waals surface area contributed by atoms with Gasteiger partial charge in [-0.05, 0) is 57.9 Å². The average Bonchev–Trinajstić information content (AvgIpc) is 2.84. The van der Waals surface area contributed by atoms with E-state index in [9.17, 15) is 0 Å². The molecule has 4 nitrogen and oxygen atoms in total. The number of fused-ring (bicyclic) bond motifs is 1. The molecule has 0 saturated heterocycles. The molecule has 1 heterocycles. The molecule has 2 aliphatic carbocycles. The monoisotopic (exact) mass is 263 g/mol. The average molecular weight is 263 g/mol. The highest BCUT2D eigenvalue weighted by atomic mass is 16.5. The van der Waals surface area contributed by atoms with Crippen molar-refractivity contribution in [1.82, 2.24) is 15.1 Å². The van der Waals surface area contributed by atoms with Crippen LogP contribution in [-0.4, -0.2) is 23.9 Å². The van der Waals surface area contributed by atoms with Gasteiger partial charge in [-0.2, -0.15) is 5.10 Å². The predicted octanol–water partition coefficient (Wildman–Crippen LogP) is 2.78. The SMILES string of the molecule is CNC(c1c(OC)cnn1C(C)C)C1CC2CC2C1. The summed E-state index contributed by atoms with van der Waals surface area (Å²) in [4.78, 5) is 0. The van der Waals surface area contributed by atoms with E-state index in [-0.39, 0.29) is 0 Å². The van der Waals surface area contributed by atoms with Gasteiger partial charge in [0.1, 0.15) is 0 Å². The maximum Gasteiger partial charge on any atom is 0.161 e. The lowest BCUT2D eigenvalue weighted by Crippen LogP contribution is -2.28. The van der Waals surface area contributed by atoms with Gasteiger partial charge in [0.15, 0.2) is 5.75 Å². The molecule has 3 rings (SSSR count). The zero-order valence-electron chi connectivity index (χ0n) is 12.4. The fourth-order valence-corrected chi connectivity index (χ4v) is 3.85. The minimum Gasteiger partial charge on any atom is -0.493 e. The lowest BCUT2D eigenvalue weighted by molar-refractivity contribution is 0.316. The highest BCUT2D eigenvalue weighted by molar-refractivity contribution is 5.30. The van der Waals surface area contributed by atoms with Crippen LogP contribution >= 0.6 is 0 Å². The van der Waals surface area contributed by atoms with Gasteiger partial charge in [0, 0.05) is 6.04 Å². The molecule has 4 heteroatoms. The molecular formula is C15H25N3O. The second-order valence-corrected chi connectivity index (χ2v) is 6.39. The standard InChI is InChI=1S/C15H25N3O/c1-9(2)18-15(13(19-4)8-17-18)14(16-3)12-6-10-5-11(10)7-12/h8-12,14,16H,5-7H2,1-4H3. The van der Waals surface area contributed by atoms with Crippen molar-refractivity contribution in [2.24, 2.45) is 17.8 Å². The maximum absolute atomic E-state index is 5.53. The fourth-order valence-electron chi connectivity index (χ4n) is 3.85. The minimum absolute atomic E-state index is 0.366. The van der Waals surface area contributed by atoms with Gasteiger partial charge in [-0.25, -0.2) is 0 Å².